The molecule has 2 aliphatic heterocycles. The van der Waals surface area contributed by atoms with Crippen LogP contribution in [0, 0.1) is 0 Å². The van der Waals surface area contributed by atoms with Crippen molar-refractivity contribution in [2.24, 2.45) is 9.98 Å². The normalized spacial score (nSPS) is 16.5. The van der Waals surface area contributed by atoms with Gasteiger partial charge in [-0.3, -0.25) is 9.98 Å². The van der Waals surface area contributed by atoms with E-state index < -0.39 is 0 Å². The van der Waals surface area contributed by atoms with E-state index in [1.807, 2.05) is 0 Å². The van der Waals surface area contributed by atoms with Crippen molar-refractivity contribution in [1.29, 1.82) is 0 Å². The number of hydrogen-bond acceptors (Lipinski definition) is 6. The molecule has 0 fully saturated rings. The largest absolute Gasteiger partial charge is 0.368 e. The molecule has 6 heteroatoms. The quantitative estimate of drug-likeness (QED) is 0.766. The summed E-state index contributed by atoms with van der Waals surface area (Å²) in [6.07, 6.45) is 0. The first-order valence-electron chi connectivity index (χ1n) is 8.45. The van der Waals surface area contributed by atoms with Crippen LogP contribution in [-0.2, 0) is 0 Å². The van der Waals surface area contributed by atoms with E-state index in [2.05, 4.69) is 63.1 Å². The van der Waals surface area contributed by atoms with Crippen molar-refractivity contribution in [1.82, 2.24) is 15.6 Å². The minimum atomic E-state index is 0.855. The number of fused-ring (bicyclic) bond motifs is 1. The van der Waals surface area contributed by atoms with Crippen molar-refractivity contribution in [3.05, 3.63) is 53.6 Å². The topological polar surface area (TPSA) is 61.7 Å². The molecule has 0 saturated carbocycles. The molecule has 5 nitrogen and oxygen atoms in total. The van der Waals surface area contributed by atoms with Crippen LogP contribution in [0.5, 0.6) is 0 Å². The monoisotopic (exact) mass is 347 g/mol. The van der Waals surface area contributed by atoms with Crippen molar-refractivity contribution < 1.29 is 0 Å². The molecule has 25 heavy (non-hydrogen) atoms. The number of amidine groups is 2. The zero-order chi connectivity index (χ0) is 16.6. The Morgan fingerprint density at radius 3 is 2.08 bits per heavy atom. The molecular formula is C19H17N5S. The van der Waals surface area contributed by atoms with E-state index in [-0.39, 0.29) is 0 Å². The smallest absolute Gasteiger partial charge is 0.128 e. The molecule has 3 aromatic rings. The lowest BCUT2D eigenvalue weighted by atomic mass is 10.1. The zero-order valence-electron chi connectivity index (χ0n) is 13.6. The molecule has 2 aliphatic rings. The maximum atomic E-state index is 4.79. The predicted octanol–water partition coefficient (Wildman–Crippen LogP) is 2.66. The van der Waals surface area contributed by atoms with Gasteiger partial charge < -0.3 is 10.6 Å². The number of nitrogens with zero attached hydrogens (tertiary/aromatic N) is 3. The Morgan fingerprint density at radius 2 is 1.40 bits per heavy atom. The highest BCUT2D eigenvalue weighted by Gasteiger charge is 2.12. The Kier molecular flexibility index (Phi) is 3.48. The minimum absolute atomic E-state index is 0.855. The molecule has 2 N–H and O–H groups in total. The van der Waals surface area contributed by atoms with Crippen molar-refractivity contribution in [2.75, 3.05) is 26.2 Å². The van der Waals surface area contributed by atoms with Gasteiger partial charge in [0.15, 0.2) is 0 Å². The number of rotatable bonds is 3. The number of aromatic nitrogens is 1. The molecule has 1 aromatic heterocycles. The maximum Gasteiger partial charge on any atom is 0.128 e. The fraction of sp³-hybridized carbons (Fsp3) is 0.211. The first kappa shape index (κ1) is 14.6. The van der Waals surface area contributed by atoms with E-state index in [0.717, 1.165) is 65.1 Å². The Bertz CT molecular complexity index is 1000. The predicted molar refractivity (Wildman–Crippen MR) is 104 cm³/mol. The fourth-order valence-corrected chi connectivity index (χ4v) is 4.16. The van der Waals surface area contributed by atoms with Crippen LogP contribution in [0.1, 0.15) is 11.1 Å². The summed E-state index contributed by atoms with van der Waals surface area (Å²) in [6, 6.07) is 14.8. The average molecular weight is 347 g/mol. The summed E-state index contributed by atoms with van der Waals surface area (Å²) in [6.45, 7) is 3.57. The Hall–Kier alpha value is -2.73. The molecule has 0 amide bonds. The van der Waals surface area contributed by atoms with E-state index in [1.165, 1.54) is 4.70 Å². The Morgan fingerprint density at radius 1 is 0.760 bits per heavy atom. The maximum absolute atomic E-state index is 4.79. The average Bonchev–Trinajstić information content (AvgIpc) is 3.42. The molecule has 124 valence electrons. The van der Waals surface area contributed by atoms with E-state index in [4.69, 9.17) is 4.98 Å². The van der Waals surface area contributed by atoms with Crippen LogP contribution in [0.15, 0.2) is 52.4 Å². The third-order valence-electron chi connectivity index (χ3n) is 4.42. The van der Waals surface area contributed by atoms with E-state index >= 15 is 0 Å². The first-order chi connectivity index (χ1) is 12.4. The number of thiazole rings is 1. The van der Waals surface area contributed by atoms with Gasteiger partial charge in [0, 0.05) is 29.8 Å². The van der Waals surface area contributed by atoms with E-state index in [1.54, 1.807) is 11.3 Å². The summed E-state index contributed by atoms with van der Waals surface area (Å²) in [4.78, 5) is 13.8. The van der Waals surface area contributed by atoms with Gasteiger partial charge in [0.05, 0.1) is 23.3 Å². The summed E-state index contributed by atoms with van der Waals surface area (Å²) < 4.78 is 1.19. The number of hydrogen-bond donors (Lipinski definition) is 2. The number of nitrogens with one attached hydrogen (secondary N) is 2. The van der Waals surface area contributed by atoms with Crippen LogP contribution in [0.2, 0.25) is 0 Å². The Labute approximate surface area is 149 Å². The summed E-state index contributed by atoms with van der Waals surface area (Å²) in [5.41, 5.74) is 4.45. The summed E-state index contributed by atoms with van der Waals surface area (Å²) in [5, 5.41) is 7.68. The molecule has 0 spiro atoms. The van der Waals surface area contributed by atoms with Gasteiger partial charge in [0.2, 0.25) is 0 Å². The van der Waals surface area contributed by atoms with Gasteiger partial charge in [-0.15, -0.1) is 11.3 Å². The lowest BCUT2D eigenvalue weighted by Crippen LogP contribution is -2.19. The van der Waals surface area contributed by atoms with Gasteiger partial charge in [-0.25, -0.2) is 4.98 Å². The van der Waals surface area contributed by atoms with Crippen LogP contribution >= 0.6 is 11.3 Å². The van der Waals surface area contributed by atoms with Gasteiger partial charge in [-0.1, -0.05) is 24.3 Å². The highest BCUT2D eigenvalue weighted by Crippen LogP contribution is 2.31. The summed E-state index contributed by atoms with van der Waals surface area (Å²) >= 11 is 1.72. The van der Waals surface area contributed by atoms with Crippen LogP contribution in [0.25, 0.3) is 20.8 Å². The summed E-state index contributed by atoms with van der Waals surface area (Å²) in [5.74, 6) is 1.98. The second kappa shape index (κ2) is 5.97. The number of benzene rings is 2. The standard InChI is InChI=1S/C19H17N5S/c1-3-13(4-2-12(1)17-20-7-8-21-17)19-24-15-6-5-14(11-16(15)25-19)18-22-9-10-23-18/h1-6,11H,7-10H2,(H,20,21)(H,22,23). The van der Waals surface area contributed by atoms with Gasteiger partial charge in [0.1, 0.15) is 16.7 Å². The van der Waals surface area contributed by atoms with E-state index in [9.17, 15) is 0 Å². The molecule has 0 atom stereocenters. The minimum Gasteiger partial charge on any atom is -0.368 e. The van der Waals surface area contributed by atoms with Gasteiger partial charge in [0.25, 0.3) is 0 Å². The lowest BCUT2D eigenvalue weighted by molar-refractivity contribution is 0.960. The van der Waals surface area contributed by atoms with Crippen LogP contribution in [0.3, 0.4) is 0 Å². The van der Waals surface area contributed by atoms with Gasteiger partial charge in [-0.2, -0.15) is 0 Å². The van der Waals surface area contributed by atoms with Crippen molar-refractivity contribution in [3.63, 3.8) is 0 Å². The molecule has 0 radical (unpaired) electrons. The highest BCUT2D eigenvalue weighted by molar-refractivity contribution is 7.21. The zero-order valence-corrected chi connectivity index (χ0v) is 14.4. The molecular weight excluding hydrogens is 330 g/mol. The molecule has 2 aromatic carbocycles. The SMILES string of the molecule is c1cc(-c2nc3ccc(C4=NCCN4)cc3s2)ccc1C1=NCCN1. The third kappa shape index (κ3) is 2.68. The van der Waals surface area contributed by atoms with Crippen molar-refractivity contribution >= 4 is 33.2 Å². The fourth-order valence-electron chi connectivity index (χ4n) is 3.15. The molecule has 0 saturated heterocycles. The Balaban J connectivity index is 1.48. The lowest BCUT2D eigenvalue weighted by Gasteiger charge is -2.03. The highest BCUT2D eigenvalue weighted by atomic mass is 32.1. The van der Waals surface area contributed by atoms with Gasteiger partial charge >= 0.3 is 0 Å². The van der Waals surface area contributed by atoms with Crippen LogP contribution < -0.4 is 10.6 Å². The van der Waals surface area contributed by atoms with Crippen LogP contribution in [-0.4, -0.2) is 42.8 Å². The number of aliphatic imine (C=N–C) groups is 2. The molecule has 5 rings (SSSR count). The first-order valence-corrected chi connectivity index (χ1v) is 9.27. The molecule has 3 heterocycles. The second-order valence-corrected chi connectivity index (χ2v) is 7.12. The summed E-state index contributed by atoms with van der Waals surface area (Å²) in [7, 11) is 0. The van der Waals surface area contributed by atoms with Crippen LogP contribution in [0.4, 0.5) is 0 Å². The van der Waals surface area contributed by atoms with E-state index in [0.29, 0.717) is 0 Å². The third-order valence-corrected chi connectivity index (χ3v) is 5.48. The molecule has 0 unspecified atom stereocenters. The second-order valence-electron chi connectivity index (χ2n) is 6.09. The molecule has 0 bridgehead atoms. The van der Waals surface area contributed by atoms with Crippen molar-refractivity contribution in [3.8, 4) is 10.6 Å². The van der Waals surface area contributed by atoms with Gasteiger partial charge in [-0.05, 0) is 18.2 Å². The van der Waals surface area contributed by atoms with Crippen molar-refractivity contribution in [2.45, 2.75) is 0 Å². The molecule has 0 aliphatic carbocycles.